The molecule has 2 unspecified atom stereocenters. The lowest BCUT2D eigenvalue weighted by Gasteiger charge is -2.43. The van der Waals surface area contributed by atoms with Crippen molar-refractivity contribution in [3.63, 3.8) is 0 Å². The summed E-state index contributed by atoms with van der Waals surface area (Å²) < 4.78 is 6.21. The molecule has 1 saturated carbocycles. The zero-order valence-corrected chi connectivity index (χ0v) is 23.6. The molecule has 2 aromatic rings. The Kier molecular flexibility index (Phi) is 9.45. The number of fused-ring (bicyclic) bond motifs is 2. The number of ether oxygens (including phenoxy) is 1. The number of likely N-dealkylation sites (tertiary alicyclic amines) is 1. The Balaban J connectivity index is 0.00000160. The molecule has 4 atom stereocenters. The molecule has 4 aliphatic rings. The second-order valence-electron chi connectivity index (χ2n) is 11.3. The van der Waals surface area contributed by atoms with Crippen molar-refractivity contribution in [2.24, 2.45) is 11.8 Å². The highest BCUT2D eigenvalue weighted by molar-refractivity contribution is 6.28. The number of nitrogens with two attached hydrogens (primary N) is 1. The molecule has 1 spiro atoms. The fourth-order valence-electron chi connectivity index (χ4n) is 7.06. The van der Waals surface area contributed by atoms with Crippen LogP contribution in [0.5, 0.6) is 0 Å². The highest BCUT2D eigenvalue weighted by Crippen LogP contribution is 2.44. The number of hydrogen-bond acceptors (Lipinski definition) is 2. The molecule has 1 aromatic heterocycles. The minimum Gasteiger partial charge on any atom is -1.00 e. The van der Waals surface area contributed by atoms with Gasteiger partial charge in [-0.3, -0.25) is 4.79 Å². The van der Waals surface area contributed by atoms with E-state index >= 15 is 0 Å². The average Bonchev–Trinajstić information content (AvgIpc) is 3.62. The maximum Gasteiger partial charge on any atom is 0.273 e. The summed E-state index contributed by atoms with van der Waals surface area (Å²) in [6.07, 6.45) is 7.79. The summed E-state index contributed by atoms with van der Waals surface area (Å²) in [5.74, 6) is 1.58. The summed E-state index contributed by atoms with van der Waals surface area (Å²) in [5, 5.41) is 3.04. The Morgan fingerprint density at radius 2 is 1.92 bits per heavy atom. The van der Waals surface area contributed by atoms with Crippen molar-refractivity contribution >= 4 is 17.5 Å². The number of piperidine rings is 1. The number of aromatic amines is 1. The molecule has 3 fully saturated rings. The van der Waals surface area contributed by atoms with Crippen molar-refractivity contribution in [3.8, 4) is 0 Å². The Hall–Kier alpha value is -1.37. The third-order valence-electron chi connectivity index (χ3n) is 9.08. The number of nitrogens with one attached hydrogen (secondary N) is 1. The van der Waals surface area contributed by atoms with Gasteiger partial charge in [0.15, 0.2) is 5.69 Å². The molecule has 3 heterocycles. The monoisotopic (exact) mass is 565 g/mol. The molecule has 2 aliphatic carbocycles. The molecule has 1 amide bonds. The molecule has 5 nitrogen and oxygen atoms in total. The third-order valence-corrected chi connectivity index (χ3v) is 9.30. The molecule has 2 aliphatic heterocycles. The van der Waals surface area contributed by atoms with Crippen LogP contribution in [0, 0.1) is 11.8 Å². The number of benzene rings is 1. The second kappa shape index (κ2) is 12.2. The number of rotatable bonds is 6. The predicted octanol–water partition coefficient (Wildman–Crippen LogP) is -2.87. The van der Waals surface area contributed by atoms with E-state index < -0.39 is 0 Å². The summed E-state index contributed by atoms with van der Waals surface area (Å²) in [6, 6.07) is 15.1. The van der Waals surface area contributed by atoms with E-state index in [0.29, 0.717) is 23.6 Å². The smallest absolute Gasteiger partial charge is 0.273 e. The first-order valence-corrected chi connectivity index (χ1v) is 14.0. The minimum atomic E-state index is -0.0958. The summed E-state index contributed by atoms with van der Waals surface area (Å²) in [6.45, 7) is 4.18. The van der Waals surface area contributed by atoms with Crippen molar-refractivity contribution in [1.29, 1.82) is 0 Å². The van der Waals surface area contributed by atoms with E-state index in [9.17, 15) is 4.79 Å². The van der Waals surface area contributed by atoms with Gasteiger partial charge in [0.1, 0.15) is 5.92 Å². The summed E-state index contributed by atoms with van der Waals surface area (Å²) in [4.78, 5) is 19.9. The van der Waals surface area contributed by atoms with Crippen LogP contribution in [0.25, 0.3) is 0 Å². The van der Waals surface area contributed by atoms with E-state index in [0.717, 1.165) is 64.3 Å². The molecule has 8 heteroatoms. The number of aromatic nitrogens is 1. The fourth-order valence-corrected chi connectivity index (χ4v) is 7.24. The lowest BCUT2D eigenvalue weighted by molar-refractivity contribution is -0.640. The van der Waals surface area contributed by atoms with E-state index in [1.54, 1.807) is 0 Å². The van der Waals surface area contributed by atoms with Gasteiger partial charge in [0, 0.05) is 31.2 Å². The number of pyridine rings is 1. The summed E-state index contributed by atoms with van der Waals surface area (Å²) >= 11 is 6.30. The van der Waals surface area contributed by atoms with Gasteiger partial charge in [0.05, 0.1) is 31.2 Å². The van der Waals surface area contributed by atoms with E-state index in [4.69, 9.17) is 16.3 Å². The van der Waals surface area contributed by atoms with Gasteiger partial charge >= 0.3 is 0 Å². The number of aryl methyl sites for hydroxylation is 1. The zero-order chi connectivity index (χ0) is 23.8. The van der Waals surface area contributed by atoms with E-state index in [-0.39, 0.29) is 42.2 Å². The van der Waals surface area contributed by atoms with Crippen molar-refractivity contribution in [1.82, 2.24) is 4.90 Å². The topological polar surface area (TPSA) is 60.3 Å². The number of carbonyl (C=O) groups excluding carboxylic acids is 1. The SMILES string of the molecule is O=C([C@@H]1C[NH2+]C[C@]12CCCc1[nH+]c(Cl)ccc12)N1CCC(c2ccccc2)CC1COCC1CC1.[Cl-].[Cl-]. The molecule has 0 bridgehead atoms. The Morgan fingerprint density at radius 3 is 2.70 bits per heavy atom. The van der Waals surface area contributed by atoms with E-state index in [1.807, 2.05) is 6.07 Å². The van der Waals surface area contributed by atoms with Crippen LogP contribution in [0.2, 0.25) is 5.15 Å². The van der Waals surface area contributed by atoms with Crippen molar-refractivity contribution in [3.05, 3.63) is 64.4 Å². The van der Waals surface area contributed by atoms with Crippen LogP contribution in [-0.4, -0.2) is 49.7 Å². The van der Waals surface area contributed by atoms with Crippen LogP contribution in [-0.2, 0) is 21.4 Å². The molecular weight excluding hydrogens is 529 g/mol. The molecule has 6 rings (SSSR count). The number of H-pyrrole nitrogens is 1. The van der Waals surface area contributed by atoms with Gasteiger partial charge in [-0.05, 0) is 73.6 Å². The van der Waals surface area contributed by atoms with Gasteiger partial charge in [-0.25, -0.2) is 0 Å². The predicted molar refractivity (Wildman–Crippen MR) is 135 cm³/mol. The van der Waals surface area contributed by atoms with Crippen LogP contribution < -0.4 is 35.1 Å². The number of halogens is 3. The first-order valence-electron chi connectivity index (χ1n) is 13.6. The Morgan fingerprint density at radius 1 is 1.11 bits per heavy atom. The first-order chi connectivity index (χ1) is 17.1. The van der Waals surface area contributed by atoms with Gasteiger partial charge in [0.2, 0.25) is 5.91 Å². The Labute approximate surface area is 237 Å². The standard InChI is InChI=1S/C29H36ClN3O2.2ClH/c30-27-11-10-24-26(32-27)7-4-13-29(24)19-31-16-25(29)28(34)33-14-12-22(21-5-2-1-3-6-21)15-23(33)18-35-17-20-8-9-20;;/h1-3,5-6,10-11,20,22-23,25,31H,4,7-9,12-19H2;2*1H/t22?,23?,25-,29-;;/m0../s1. The van der Waals surface area contributed by atoms with Crippen LogP contribution in [0.3, 0.4) is 0 Å². The lowest BCUT2D eigenvalue weighted by Crippen LogP contribution is -3.00. The van der Waals surface area contributed by atoms with Gasteiger partial charge in [-0.1, -0.05) is 30.3 Å². The van der Waals surface area contributed by atoms with Crippen LogP contribution in [0.4, 0.5) is 0 Å². The quantitative estimate of drug-likeness (QED) is 0.383. The maximum absolute atomic E-state index is 14.3. The average molecular weight is 567 g/mol. The van der Waals surface area contributed by atoms with E-state index in [1.165, 1.54) is 29.7 Å². The van der Waals surface area contributed by atoms with Crippen molar-refractivity contribution in [2.45, 2.75) is 62.3 Å². The first kappa shape index (κ1) is 28.6. The van der Waals surface area contributed by atoms with Crippen molar-refractivity contribution in [2.75, 3.05) is 32.8 Å². The molecule has 2 saturated heterocycles. The molecule has 1 aromatic carbocycles. The number of amides is 1. The highest BCUT2D eigenvalue weighted by Gasteiger charge is 2.56. The summed E-state index contributed by atoms with van der Waals surface area (Å²) in [7, 11) is 0. The molecule has 0 radical (unpaired) electrons. The highest BCUT2D eigenvalue weighted by atomic mass is 35.5. The van der Waals surface area contributed by atoms with Crippen LogP contribution in [0.1, 0.15) is 61.3 Å². The molecule has 3 N–H and O–H groups in total. The van der Waals surface area contributed by atoms with Gasteiger partial charge in [0.25, 0.3) is 5.15 Å². The lowest BCUT2D eigenvalue weighted by atomic mass is 9.65. The second-order valence-corrected chi connectivity index (χ2v) is 11.7. The third kappa shape index (κ3) is 5.81. The minimum absolute atomic E-state index is 0. The zero-order valence-electron chi connectivity index (χ0n) is 21.3. The van der Waals surface area contributed by atoms with Gasteiger partial charge in [-0.2, -0.15) is 4.98 Å². The molecular formula is C29H38Cl3N3O2. The summed E-state index contributed by atoms with van der Waals surface area (Å²) in [5.41, 5.74) is 3.84. The normalized spacial score (nSPS) is 28.8. The number of hydrogen-bond donors (Lipinski definition) is 1. The van der Waals surface area contributed by atoms with Gasteiger partial charge in [-0.15, -0.1) is 0 Å². The van der Waals surface area contributed by atoms with E-state index in [2.05, 4.69) is 51.6 Å². The molecule has 37 heavy (non-hydrogen) atoms. The van der Waals surface area contributed by atoms with Gasteiger partial charge < -0.3 is 39.8 Å². The Bertz CT molecular complexity index is 1070. The molecule has 202 valence electrons. The number of quaternary nitrogens is 1. The van der Waals surface area contributed by atoms with Crippen LogP contribution in [0.15, 0.2) is 42.5 Å². The largest absolute Gasteiger partial charge is 1.00 e. The number of nitrogens with zero attached hydrogens (tertiary/aromatic N) is 1. The van der Waals surface area contributed by atoms with Crippen molar-refractivity contribution < 1.29 is 44.6 Å². The number of carbonyl (C=O) groups is 1. The fraction of sp³-hybridized carbons (Fsp3) is 0.586. The van der Waals surface area contributed by atoms with Crippen LogP contribution >= 0.6 is 11.6 Å². The maximum atomic E-state index is 14.3.